The summed E-state index contributed by atoms with van der Waals surface area (Å²) in [5.74, 6) is 1.13. The van der Waals surface area contributed by atoms with Gasteiger partial charge in [-0.25, -0.2) is 4.98 Å². The van der Waals surface area contributed by atoms with Gasteiger partial charge in [0.05, 0.1) is 12.6 Å². The van der Waals surface area contributed by atoms with E-state index in [1.807, 2.05) is 46.4 Å². The summed E-state index contributed by atoms with van der Waals surface area (Å²) in [5.41, 5.74) is 2.25. The van der Waals surface area contributed by atoms with Crippen LogP contribution in [0.4, 0.5) is 0 Å². The predicted octanol–water partition coefficient (Wildman–Crippen LogP) is 2.98. The maximum Gasteiger partial charge on any atom is 0.225 e. The Morgan fingerprint density at radius 2 is 2.00 bits per heavy atom. The Morgan fingerprint density at radius 1 is 1.15 bits per heavy atom. The van der Waals surface area contributed by atoms with Crippen LogP contribution in [0.25, 0.3) is 11.4 Å². The number of aromatic nitrogens is 4. The highest BCUT2D eigenvalue weighted by Crippen LogP contribution is 2.31. The lowest BCUT2D eigenvalue weighted by atomic mass is 10.1. The van der Waals surface area contributed by atoms with E-state index in [9.17, 15) is 4.79 Å². The number of carbonyl (C=O) groups excluding carboxylic acids is 1. The summed E-state index contributed by atoms with van der Waals surface area (Å²) in [6.07, 6.45) is 8.08. The van der Waals surface area contributed by atoms with E-state index in [-0.39, 0.29) is 18.0 Å². The minimum atomic E-state index is 0.125. The average molecular weight is 349 g/mol. The summed E-state index contributed by atoms with van der Waals surface area (Å²) in [6, 6.07) is 10.5. The molecule has 0 aliphatic carbocycles. The van der Waals surface area contributed by atoms with Gasteiger partial charge in [0, 0.05) is 49.4 Å². The maximum absolute atomic E-state index is 12.3. The molecule has 2 aromatic heterocycles. The molecule has 3 heterocycles. The summed E-state index contributed by atoms with van der Waals surface area (Å²) in [4.78, 5) is 18.9. The van der Waals surface area contributed by atoms with Gasteiger partial charge in [-0.05, 0) is 25.5 Å². The molecular weight excluding hydrogens is 326 g/mol. The Bertz CT molecular complexity index is 897. The van der Waals surface area contributed by atoms with Crippen LogP contribution < -0.4 is 0 Å². The molecule has 4 rings (SSSR count). The molecule has 134 valence electrons. The largest absolute Gasteiger partial charge is 0.338 e. The molecule has 1 amide bonds. The van der Waals surface area contributed by atoms with Crippen LogP contribution in [0.15, 0.2) is 55.1 Å². The molecule has 1 aromatic carbocycles. The second-order valence-corrected chi connectivity index (χ2v) is 7.02. The van der Waals surface area contributed by atoms with Gasteiger partial charge >= 0.3 is 0 Å². The van der Waals surface area contributed by atoms with Crippen LogP contribution in [0, 0.1) is 0 Å². The molecule has 6 heteroatoms. The van der Waals surface area contributed by atoms with Gasteiger partial charge in [-0.3, -0.25) is 9.48 Å². The number of rotatable bonds is 5. The van der Waals surface area contributed by atoms with Crippen molar-refractivity contribution in [3.63, 3.8) is 0 Å². The summed E-state index contributed by atoms with van der Waals surface area (Å²) >= 11 is 0. The van der Waals surface area contributed by atoms with Crippen molar-refractivity contribution in [2.75, 3.05) is 6.54 Å². The van der Waals surface area contributed by atoms with E-state index in [1.165, 1.54) is 0 Å². The van der Waals surface area contributed by atoms with Crippen LogP contribution in [0.5, 0.6) is 0 Å². The molecule has 1 aliphatic heterocycles. The van der Waals surface area contributed by atoms with Crippen LogP contribution in [-0.2, 0) is 11.3 Å². The Morgan fingerprint density at radius 3 is 2.73 bits per heavy atom. The number of imidazole rings is 1. The van der Waals surface area contributed by atoms with Gasteiger partial charge < -0.3 is 9.47 Å². The second kappa shape index (κ2) is 6.78. The fraction of sp³-hybridized carbons (Fsp3) is 0.350. The molecule has 0 N–H and O–H groups in total. The SMILES string of the molecule is CC(C)N1C[C@H](n2ccnc2-c2ccccc2Cn2cccn2)CC1=O. The van der Waals surface area contributed by atoms with Crippen molar-refractivity contribution in [3.05, 3.63) is 60.7 Å². The van der Waals surface area contributed by atoms with Crippen molar-refractivity contribution in [1.29, 1.82) is 0 Å². The van der Waals surface area contributed by atoms with Gasteiger partial charge in [-0.1, -0.05) is 24.3 Å². The highest BCUT2D eigenvalue weighted by molar-refractivity contribution is 5.79. The number of carbonyl (C=O) groups is 1. The standard InChI is InChI=1S/C20H23N5O/c1-15(2)25-14-17(12-19(25)26)24-11-9-21-20(24)18-7-4-3-6-16(18)13-23-10-5-8-22-23/h3-11,15,17H,12-14H2,1-2H3/t17-/m1/s1. The van der Waals surface area contributed by atoms with Crippen LogP contribution in [0.1, 0.15) is 31.9 Å². The molecule has 0 spiro atoms. The first kappa shape index (κ1) is 16.6. The predicted molar refractivity (Wildman–Crippen MR) is 99.5 cm³/mol. The zero-order valence-electron chi connectivity index (χ0n) is 15.1. The first-order valence-corrected chi connectivity index (χ1v) is 9.01. The van der Waals surface area contributed by atoms with Crippen LogP contribution in [-0.4, -0.2) is 42.7 Å². The number of amides is 1. The number of hydrogen-bond donors (Lipinski definition) is 0. The molecule has 0 radical (unpaired) electrons. The van der Waals surface area contributed by atoms with Crippen LogP contribution >= 0.6 is 0 Å². The van der Waals surface area contributed by atoms with Crippen molar-refractivity contribution in [1.82, 2.24) is 24.2 Å². The molecule has 1 fully saturated rings. The average Bonchev–Trinajstić information content (AvgIpc) is 3.35. The molecule has 0 saturated carbocycles. The van der Waals surface area contributed by atoms with Crippen LogP contribution in [0.2, 0.25) is 0 Å². The molecule has 1 saturated heterocycles. The maximum atomic E-state index is 12.3. The van der Waals surface area contributed by atoms with Crippen molar-refractivity contribution in [3.8, 4) is 11.4 Å². The zero-order valence-corrected chi connectivity index (χ0v) is 15.1. The van der Waals surface area contributed by atoms with E-state index in [2.05, 4.69) is 40.6 Å². The smallest absolute Gasteiger partial charge is 0.225 e. The minimum Gasteiger partial charge on any atom is -0.338 e. The van der Waals surface area contributed by atoms with Gasteiger partial charge in [-0.15, -0.1) is 0 Å². The molecule has 26 heavy (non-hydrogen) atoms. The van der Waals surface area contributed by atoms with Gasteiger partial charge in [0.15, 0.2) is 0 Å². The van der Waals surface area contributed by atoms with E-state index >= 15 is 0 Å². The van der Waals surface area contributed by atoms with Crippen molar-refractivity contribution >= 4 is 5.91 Å². The molecule has 0 unspecified atom stereocenters. The van der Waals surface area contributed by atoms with Crippen LogP contribution in [0.3, 0.4) is 0 Å². The lowest BCUT2D eigenvalue weighted by molar-refractivity contribution is -0.129. The van der Waals surface area contributed by atoms with Gasteiger partial charge in [0.2, 0.25) is 5.91 Å². The van der Waals surface area contributed by atoms with E-state index in [4.69, 9.17) is 0 Å². The van der Waals surface area contributed by atoms with Crippen molar-refractivity contribution in [2.45, 2.75) is 38.9 Å². The van der Waals surface area contributed by atoms with Crippen molar-refractivity contribution < 1.29 is 4.79 Å². The zero-order chi connectivity index (χ0) is 18.1. The fourth-order valence-electron chi connectivity index (χ4n) is 3.66. The highest BCUT2D eigenvalue weighted by Gasteiger charge is 2.33. The molecule has 1 atom stereocenters. The monoisotopic (exact) mass is 349 g/mol. The lowest BCUT2D eigenvalue weighted by Crippen LogP contribution is -2.32. The molecular formula is C20H23N5O. The summed E-state index contributed by atoms with van der Waals surface area (Å²) in [6.45, 7) is 5.56. The van der Waals surface area contributed by atoms with Gasteiger partial charge in [0.25, 0.3) is 0 Å². The third-order valence-electron chi connectivity index (χ3n) is 4.97. The number of nitrogens with zero attached hydrogens (tertiary/aromatic N) is 5. The topological polar surface area (TPSA) is 56.0 Å². The summed E-state index contributed by atoms with van der Waals surface area (Å²) in [5, 5.41) is 4.31. The number of benzene rings is 1. The van der Waals surface area contributed by atoms with E-state index in [0.29, 0.717) is 13.0 Å². The Hall–Kier alpha value is -2.89. The van der Waals surface area contributed by atoms with Gasteiger partial charge in [0.1, 0.15) is 5.82 Å². The first-order chi connectivity index (χ1) is 12.6. The quantitative estimate of drug-likeness (QED) is 0.711. The summed E-state index contributed by atoms with van der Waals surface area (Å²) in [7, 11) is 0. The van der Waals surface area contributed by atoms with Gasteiger partial charge in [-0.2, -0.15) is 5.10 Å². The Balaban J connectivity index is 1.67. The molecule has 6 nitrogen and oxygen atoms in total. The Labute approximate surface area is 153 Å². The Kier molecular flexibility index (Phi) is 4.32. The first-order valence-electron chi connectivity index (χ1n) is 9.01. The van der Waals surface area contributed by atoms with E-state index in [0.717, 1.165) is 23.5 Å². The highest BCUT2D eigenvalue weighted by atomic mass is 16.2. The van der Waals surface area contributed by atoms with Crippen molar-refractivity contribution in [2.24, 2.45) is 0 Å². The number of hydrogen-bond acceptors (Lipinski definition) is 3. The van der Waals surface area contributed by atoms with E-state index in [1.54, 1.807) is 6.20 Å². The summed E-state index contributed by atoms with van der Waals surface area (Å²) < 4.78 is 4.06. The minimum absolute atomic E-state index is 0.125. The number of likely N-dealkylation sites (tertiary alicyclic amines) is 1. The normalized spacial score (nSPS) is 17.4. The third-order valence-corrected chi connectivity index (χ3v) is 4.97. The fourth-order valence-corrected chi connectivity index (χ4v) is 3.66. The molecule has 1 aliphatic rings. The lowest BCUT2D eigenvalue weighted by Gasteiger charge is -2.22. The molecule has 0 bridgehead atoms. The molecule has 3 aromatic rings. The third kappa shape index (κ3) is 3.03. The van der Waals surface area contributed by atoms with E-state index < -0.39 is 0 Å². The second-order valence-electron chi connectivity index (χ2n) is 7.02.